The lowest BCUT2D eigenvalue weighted by Crippen LogP contribution is -2.35. The normalized spacial score (nSPS) is 12.8. The fourth-order valence-corrected chi connectivity index (χ4v) is 1.97. The Balaban J connectivity index is 2.63. The minimum Gasteiger partial charge on any atom is -0.497 e. The Hall–Kier alpha value is -0.800. The number of benzene rings is 1. The molecule has 0 saturated carbocycles. The van der Waals surface area contributed by atoms with E-state index in [1.807, 2.05) is 0 Å². The molecule has 0 amide bonds. The second-order valence-corrected chi connectivity index (χ2v) is 4.65. The van der Waals surface area contributed by atoms with Crippen molar-refractivity contribution in [3.05, 3.63) is 29.6 Å². The van der Waals surface area contributed by atoms with Crippen LogP contribution in [0.5, 0.6) is 5.75 Å². The molecule has 17 heavy (non-hydrogen) atoms. The SMILES string of the molecule is COc1ccc(CNC(CCl)C(C)C)c(F)c1. The summed E-state index contributed by atoms with van der Waals surface area (Å²) in [6, 6.07) is 5.07. The molecule has 1 rings (SSSR count). The van der Waals surface area contributed by atoms with Crippen LogP contribution in [0.15, 0.2) is 18.2 Å². The number of halogens is 2. The van der Waals surface area contributed by atoms with E-state index >= 15 is 0 Å². The molecule has 0 bridgehead atoms. The van der Waals surface area contributed by atoms with Crippen molar-refractivity contribution in [1.29, 1.82) is 0 Å². The van der Waals surface area contributed by atoms with Crippen LogP contribution in [0.4, 0.5) is 4.39 Å². The third-order valence-corrected chi connectivity index (χ3v) is 3.12. The maximum absolute atomic E-state index is 13.6. The van der Waals surface area contributed by atoms with E-state index in [4.69, 9.17) is 16.3 Å². The second-order valence-electron chi connectivity index (χ2n) is 4.34. The lowest BCUT2D eigenvalue weighted by Gasteiger charge is -2.20. The maximum atomic E-state index is 13.6. The number of hydrogen-bond donors (Lipinski definition) is 1. The third-order valence-electron chi connectivity index (χ3n) is 2.79. The Labute approximate surface area is 107 Å². The van der Waals surface area contributed by atoms with Crippen molar-refractivity contribution >= 4 is 11.6 Å². The van der Waals surface area contributed by atoms with Gasteiger partial charge < -0.3 is 10.1 Å². The van der Waals surface area contributed by atoms with Crippen LogP contribution in [-0.4, -0.2) is 19.0 Å². The van der Waals surface area contributed by atoms with E-state index in [0.717, 1.165) is 0 Å². The Kier molecular flexibility index (Phi) is 5.72. The summed E-state index contributed by atoms with van der Waals surface area (Å²) < 4.78 is 18.6. The van der Waals surface area contributed by atoms with Crippen molar-refractivity contribution in [1.82, 2.24) is 5.32 Å². The third kappa shape index (κ3) is 4.17. The number of ether oxygens (including phenoxy) is 1. The Bertz CT molecular complexity index is 357. The highest BCUT2D eigenvalue weighted by atomic mass is 35.5. The Morgan fingerprint density at radius 3 is 2.59 bits per heavy atom. The van der Waals surface area contributed by atoms with E-state index in [1.165, 1.54) is 13.2 Å². The first-order chi connectivity index (χ1) is 8.08. The van der Waals surface area contributed by atoms with Crippen LogP contribution in [0.1, 0.15) is 19.4 Å². The summed E-state index contributed by atoms with van der Waals surface area (Å²) in [6.07, 6.45) is 0. The molecule has 0 aliphatic heterocycles. The van der Waals surface area contributed by atoms with E-state index in [9.17, 15) is 4.39 Å². The van der Waals surface area contributed by atoms with E-state index in [0.29, 0.717) is 29.7 Å². The van der Waals surface area contributed by atoms with Crippen LogP contribution < -0.4 is 10.1 Å². The summed E-state index contributed by atoms with van der Waals surface area (Å²) in [7, 11) is 1.52. The molecule has 0 aromatic heterocycles. The molecule has 1 atom stereocenters. The van der Waals surface area contributed by atoms with Crippen LogP contribution in [0, 0.1) is 11.7 Å². The maximum Gasteiger partial charge on any atom is 0.131 e. The van der Waals surface area contributed by atoms with E-state index in [1.54, 1.807) is 12.1 Å². The van der Waals surface area contributed by atoms with Gasteiger partial charge in [0.25, 0.3) is 0 Å². The van der Waals surface area contributed by atoms with Gasteiger partial charge in [-0.25, -0.2) is 4.39 Å². The average molecular weight is 260 g/mol. The van der Waals surface area contributed by atoms with Crippen LogP contribution in [0.3, 0.4) is 0 Å². The van der Waals surface area contributed by atoms with Gasteiger partial charge in [-0.2, -0.15) is 0 Å². The first-order valence-corrected chi connectivity index (χ1v) is 6.23. The largest absolute Gasteiger partial charge is 0.497 e. The van der Waals surface area contributed by atoms with E-state index in [-0.39, 0.29) is 11.9 Å². The van der Waals surface area contributed by atoms with Crippen molar-refractivity contribution in [2.24, 2.45) is 5.92 Å². The van der Waals surface area contributed by atoms with E-state index < -0.39 is 0 Å². The van der Waals surface area contributed by atoms with Crippen molar-refractivity contribution < 1.29 is 9.13 Å². The van der Waals surface area contributed by atoms with Crippen LogP contribution in [0.2, 0.25) is 0 Å². The smallest absolute Gasteiger partial charge is 0.131 e. The summed E-state index contributed by atoms with van der Waals surface area (Å²) in [5.41, 5.74) is 0.626. The summed E-state index contributed by atoms with van der Waals surface area (Å²) in [6.45, 7) is 4.65. The Morgan fingerprint density at radius 1 is 1.41 bits per heavy atom. The van der Waals surface area contributed by atoms with E-state index in [2.05, 4.69) is 19.2 Å². The fourth-order valence-electron chi connectivity index (χ4n) is 1.51. The lowest BCUT2D eigenvalue weighted by molar-refractivity contribution is 0.407. The van der Waals surface area contributed by atoms with Crippen molar-refractivity contribution in [2.45, 2.75) is 26.4 Å². The molecule has 1 aromatic rings. The lowest BCUT2D eigenvalue weighted by atomic mass is 10.1. The highest BCUT2D eigenvalue weighted by Gasteiger charge is 2.12. The topological polar surface area (TPSA) is 21.3 Å². The highest BCUT2D eigenvalue weighted by molar-refractivity contribution is 6.18. The number of nitrogens with one attached hydrogen (secondary N) is 1. The zero-order chi connectivity index (χ0) is 12.8. The summed E-state index contributed by atoms with van der Waals surface area (Å²) in [5, 5.41) is 3.25. The van der Waals surface area contributed by atoms with Crippen molar-refractivity contribution in [3.8, 4) is 5.75 Å². The number of methoxy groups -OCH3 is 1. The molecule has 1 aromatic carbocycles. The first-order valence-electron chi connectivity index (χ1n) is 5.70. The predicted octanol–water partition coefficient (Wildman–Crippen LogP) is 3.19. The zero-order valence-electron chi connectivity index (χ0n) is 10.5. The van der Waals surface area contributed by atoms with Gasteiger partial charge in [0, 0.05) is 30.1 Å². The minimum absolute atomic E-state index is 0.193. The molecular weight excluding hydrogens is 241 g/mol. The van der Waals surface area contributed by atoms with Gasteiger partial charge >= 0.3 is 0 Å². The van der Waals surface area contributed by atoms with Gasteiger partial charge in [-0.3, -0.25) is 0 Å². The minimum atomic E-state index is -0.256. The van der Waals surface area contributed by atoms with Gasteiger partial charge in [0.2, 0.25) is 0 Å². The number of hydrogen-bond acceptors (Lipinski definition) is 2. The molecule has 96 valence electrons. The molecule has 0 aliphatic carbocycles. The van der Waals surface area contributed by atoms with Gasteiger partial charge in [0.1, 0.15) is 11.6 Å². The first kappa shape index (κ1) is 14.3. The van der Waals surface area contributed by atoms with Crippen LogP contribution >= 0.6 is 11.6 Å². The number of alkyl halides is 1. The molecule has 4 heteroatoms. The summed E-state index contributed by atoms with van der Waals surface area (Å²) in [5.74, 6) is 1.22. The molecule has 2 nitrogen and oxygen atoms in total. The molecular formula is C13H19ClFNO. The fraction of sp³-hybridized carbons (Fsp3) is 0.538. The number of rotatable bonds is 6. The summed E-state index contributed by atoms with van der Waals surface area (Å²) >= 11 is 5.84. The molecule has 1 N–H and O–H groups in total. The zero-order valence-corrected chi connectivity index (χ0v) is 11.2. The quantitative estimate of drug-likeness (QED) is 0.793. The van der Waals surface area contributed by atoms with Crippen LogP contribution in [0.25, 0.3) is 0 Å². The summed E-state index contributed by atoms with van der Waals surface area (Å²) in [4.78, 5) is 0. The molecule has 0 heterocycles. The monoisotopic (exact) mass is 259 g/mol. The van der Waals surface area contributed by atoms with Gasteiger partial charge in [-0.15, -0.1) is 11.6 Å². The standard InChI is InChI=1S/C13H19ClFNO/c1-9(2)13(7-14)16-8-10-4-5-11(17-3)6-12(10)15/h4-6,9,13,16H,7-8H2,1-3H3. The second kappa shape index (κ2) is 6.82. The van der Waals surface area contributed by atoms with Gasteiger partial charge in [0.05, 0.1) is 7.11 Å². The molecule has 0 saturated heterocycles. The molecule has 0 aliphatic rings. The average Bonchev–Trinajstić information content (AvgIpc) is 2.31. The predicted molar refractivity (Wildman–Crippen MR) is 69.1 cm³/mol. The van der Waals surface area contributed by atoms with Crippen LogP contribution in [-0.2, 0) is 6.54 Å². The van der Waals surface area contributed by atoms with Gasteiger partial charge in [0.15, 0.2) is 0 Å². The molecule has 0 fully saturated rings. The molecule has 0 radical (unpaired) electrons. The van der Waals surface area contributed by atoms with Crippen molar-refractivity contribution in [3.63, 3.8) is 0 Å². The highest BCUT2D eigenvalue weighted by Crippen LogP contribution is 2.16. The van der Waals surface area contributed by atoms with Gasteiger partial charge in [-0.05, 0) is 12.0 Å². The molecule has 0 spiro atoms. The molecule has 1 unspecified atom stereocenters. The van der Waals surface area contributed by atoms with Gasteiger partial charge in [-0.1, -0.05) is 19.9 Å². The Morgan fingerprint density at radius 2 is 2.12 bits per heavy atom. The van der Waals surface area contributed by atoms with Crippen molar-refractivity contribution in [2.75, 3.05) is 13.0 Å².